The van der Waals surface area contributed by atoms with Crippen LogP contribution in [0.15, 0.2) is 60.7 Å². The molecule has 0 aliphatic heterocycles. The lowest BCUT2D eigenvalue weighted by Crippen LogP contribution is -2.47. The minimum atomic E-state index is -0.641. The summed E-state index contributed by atoms with van der Waals surface area (Å²) in [7, 11) is 1.46. The Morgan fingerprint density at radius 3 is 2.09 bits per heavy atom. The molecule has 0 bridgehead atoms. The molecular weight excluding hydrogens is 422 g/mol. The number of ether oxygens (including phenoxy) is 1. The summed E-state index contributed by atoms with van der Waals surface area (Å²) >= 11 is 0. The Bertz CT molecular complexity index is 955. The zero-order chi connectivity index (χ0) is 24.4. The number of rotatable bonds is 9. The van der Waals surface area contributed by atoms with Gasteiger partial charge in [0.1, 0.15) is 0 Å². The predicted octanol–water partition coefficient (Wildman–Crippen LogP) is 2.46. The highest BCUT2D eigenvalue weighted by molar-refractivity contribution is 5.94. The van der Waals surface area contributed by atoms with E-state index in [1.165, 1.54) is 11.9 Å². The van der Waals surface area contributed by atoms with Crippen LogP contribution in [0.25, 0.3) is 0 Å². The summed E-state index contributed by atoms with van der Waals surface area (Å²) < 4.78 is 5.13. The quantitative estimate of drug-likeness (QED) is 0.568. The van der Waals surface area contributed by atoms with Gasteiger partial charge in [-0.25, -0.2) is 0 Å². The lowest BCUT2D eigenvalue weighted by Gasteiger charge is -2.23. The molecule has 2 N–H and O–H groups in total. The fourth-order valence-corrected chi connectivity index (χ4v) is 3.01. The second-order valence-corrected chi connectivity index (χ2v) is 8.72. The number of amides is 3. The van der Waals surface area contributed by atoms with Crippen molar-refractivity contribution in [1.82, 2.24) is 15.5 Å². The molecule has 0 aliphatic rings. The summed E-state index contributed by atoms with van der Waals surface area (Å²) in [4.78, 5) is 50.5. The van der Waals surface area contributed by atoms with Crippen LogP contribution in [-0.2, 0) is 19.1 Å². The van der Waals surface area contributed by atoms with Crippen molar-refractivity contribution in [2.45, 2.75) is 38.8 Å². The zero-order valence-electron chi connectivity index (χ0n) is 19.5. The number of carbonyl (C=O) groups excluding carboxylic acids is 4. The number of hydrogen-bond acceptors (Lipinski definition) is 5. The van der Waals surface area contributed by atoms with Gasteiger partial charge >= 0.3 is 5.97 Å². The highest BCUT2D eigenvalue weighted by Gasteiger charge is 2.22. The monoisotopic (exact) mass is 453 g/mol. The highest BCUT2D eigenvalue weighted by Crippen LogP contribution is 2.18. The largest absolute Gasteiger partial charge is 0.455 e. The van der Waals surface area contributed by atoms with E-state index in [1.54, 1.807) is 36.4 Å². The minimum absolute atomic E-state index is 0.145. The number of benzene rings is 2. The second kappa shape index (κ2) is 11.8. The van der Waals surface area contributed by atoms with Crippen LogP contribution in [0.1, 0.15) is 49.2 Å². The molecule has 2 aromatic carbocycles. The average molecular weight is 454 g/mol. The zero-order valence-corrected chi connectivity index (χ0v) is 19.5. The number of nitrogens with one attached hydrogen (secondary N) is 2. The number of carbonyl (C=O) groups is 4. The van der Waals surface area contributed by atoms with Gasteiger partial charge in [0.2, 0.25) is 5.91 Å². The van der Waals surface area contributed by atoms with Gasteiger partial charge in [-0.3, -0.25) is 19.2 Å². The van der Waals surface area contributed by atoms with Gasteiger partial charge in [-0.15, -0.1) is 0 Å². The van der Waals surface area contributed by atoms with Crippen molar-refractivity contribution in [1.29, 1.82) is 0 Å². The predicted molar refractivity (Wildman–Crippen MR) is 124 cm³/mol. The maximum absolute atomic E-state index is 12.6. The van der Waals surface area contributed by atoms with Gasteiger partial charge in [0.05, 0.1) is 19.0 Å². The lowest BCUT2D eigenvalue weighted by atomic mass is 10.0. The van der Waals surface area contributed by atoms with E-state index in [4.69, 9.17) is 4.74 Å². The van der Waals surface area contributed by atoms with E-state index in [0.29, 0.717) is 5.56 Å². The van der Waals surface area contributed by atoms with Crippen LogP contribution in [0, 0.1) is 0 Å². The summed E-state index contributed by atoms with van der Waals surface area (Å²) in [5.74, 6) is -1.77. The molecule has 0 heterocycles. The SMILES string of the molecule is CN(CC(=O)NC(C)(C)C)C(=O)COC(=O)CC(NC(=O)c1ccccc1)c1ccccc1. The first kappa shape index (κ1) is 25.6. The average Bonchev–Trinajstić information content (AvgIpc) is 2.76. The second-order valence-electron chi connectivity index (χ2n) is 8.72. The summed E-state index contributed by atoms with van der Waals surface area (Å²) in [6.07, 6.45) is -0.149. The smallest absolute Gasteiger partial charge is 0.308 e. The molecule has 8 heteroatoms. The van der Waals surface area contributed by atoms with E-state index in [9.17, 15) is 19.2 Å². The van der Waals surface area contributed by atoms with E-state index in [2.05, 4.69) is 10.6 Å². The van der Waals surface area contributed by atoms with E-state index in [-0.39, 0.29) is 24.8 Å². The van der Waals surface area contributed by atoms with Gasteiger partial charge in [-0.2, -0.15) is 0 Å². The fourth-order valence-electron chi connectivity index (χ4n) is 3.01. The standard InChI is InChI=1S/C25H31N3O5/c1-25(2,3)27-21(29)16-28(4)22(30)17-33-23(31)15-20(18-11-7-5-8-12-18)26-24(32)19-13-9-6-10-14-19/h5-14,20H,15-17H2,1-4H3,(H,26,32)(H,27,29). The summed E-state index contributed by atoms with van der Waals surface area (Å²) in [6, 6.07) is 17.1. The third-order valence-electron chi connectivity index (χ3n) is 4.59. The van der Waals surface area contributed by atoms with Gasteiger partial charge in [0, 0.05) is 18.2 Å². The van der Waals surface area contributed by atoms with Crippen LogP contribution in [-0.4, -0.2) is 54.3 Å². The molecule has 176 valence electrons. The Kier molecular flexibility index (Phi) is 9.15. The third kappa shape index (κ3) is 9.14. The molecule has 0 aromatic heterocycles. The van der Waals surface area contributed by atoms with Crippen molar-refractivity contribution >= 4 is 23.7 Å². The number of nitrogens with zero attached hydrogens (tertiary/aromatic N) is 1. The Morgan fingerprint density at radius 2 is 1.52 bits per heavy atom. The third-order valence-corrected chi connectivity index (χ3v) is 4.59. The minimum Gasteiger partial charge on any atom is -0.455 e. The van der Waals surface area contributed by atoms with Crippen molar-refractivity contribution in [3.63, 3.8) is 0 Å². The molecule has 0 radical (unpaired) electrons. The van der Waals surface area contributed by atoms with Gasteiger partial charge in [0.25, 0.3) is 11.8 Å². The van der Waals surface area contributed by atoms with Crippen LogP contribution in [0.5, 0.6) is 0 Å². The van der Waals surface area contributed by atoms with Crippen molar-refractivity contribution in [2.24, 2.45) is 0 Å². The molecule has 8 nitrogen and oxygen atoms in total. The van der Waals surface area contributed by atoms with Crippen LogP contribution < -0.4 is 10.6 Å². The fraction of sp³-hybridized carbons (Fsp3) is 0.360. The normalized spacial score (nSPS) is 11.8. The lowest BCUT2D eigenvalue weighted by molar-refractivity contribution is -0.152. The molecule has 0 saturated carbocycles. The molecule has 0 spiro atoms. The number of hydrogen-bond donors (Lipinski definition) is 2. The molecule has 0 aliphatic carbocycles. The molecule has 1 atom stereocenters. The topological polar surface area (TPSA) is 105 Å². The molecule has 3 amide bonds. The van der Waals surface area contributed by atoms with Gasteiger partial charge < -0.3 is 20.3 Å². The summed E-state index contributed by atoms with van der Waals surface area (Å²) in [5.41, 5.74) is 0.794. The van der Waals surface area contributed by atoms with Crippen molar-refractivity contribution in [3.05, 3.63) is 71.8 Å². The van der Waals surface area contributed by atoms with Crippen LogP contribution >= 0.6 is 0 Å². The van der Waals surface area contributed by atoms with Crippen molar-refractivity contribution < 1.29 is 23.9 Å². The van der Waals surface area contributed by atoms with E-state index in [0.717, 1.165) is 5.56 Å². The molecule has 0 fully saturated rings. The molecule has 2 aromatic rings. The molecule has 33 heavy (non-hydrogen) atoms. The summed E-state index contributed by atoms with van der Waals surface area (Å²) in [6.45, 7) is 4.89. The van der Waals surface area contributed by atoms with Gasteiger partial charge in [0.15, 0.2) is 6.61 Å². The van der Waals surface area contributed by atoms with Crippen LogP contribution in [0.4, 0.5) is 0 Å². The first-order valence-electron chi connectivity index (χ1n) is 10.7. The number of esters is 1. The first-order chi connectivity index (χ1) is 15.5. The molecule has 1 unspecified atom stereocenters. The molecule has 0 saturated heterocycles. The van der Waals surface area contributed by atoms with Gasteiger partial charge in [-0.1, -0.05) is 48.5 Å². The molecular formula is C25H31N3O5. The Balaban J connectivity index is 1.94. The highest BCUT2D eigenvalue weighted by atomic mass is 16.5. The maximum Gasteiger partial charge on any atom is 0.308 e. The molecule has 2 rings (SSSR count). The number of likely N-dealkylation sites (N-methyl/N-ethyl adjacent to an activating group) is 1. The van der Waals surface area contributed by atoms with Crippen LogP contribution in [0.3, 0.4) is 0 Å². The van der Waals surface area contributed by atoms with Gasteiger partial charge in [-0.05, 0) is 38.5 Å². The van der Waals surface area contributed by atoms with E-state index in [1.807, 2.05) is 45.0 Å². The Labute approximate surface area is 194 Å². The van der Waals surface area contributed by atoms with E-state index >= 15 is 0 Å². The Morgan fingerprint density at radius 1 is 0.939 bits per heavy atom. The summed E-state index contributed by atoms with van der Waals surface area (Å²) in [5, 5.41) is 5.62. The van der Waals surface area contributed by atoms with E-state index < -0.39 is 30.1 Å². The van der Waals surface area contributed by atoms with Crippen molar-refractivity contribution in [3.8, 4) is 0 Å². The Hall–Kier alpha value is -3.68. The first-order valence-corrected chi connectivity index (χ1v) is 10.7. The maximum atomic E-state index is 12.6. The van der Waals surface area contributed by atoms with Crippen molar-refractivity contribution in [2.75, 3.05) is 20.2 Å². The van der Waals surface area contributed by atoms with Crippen LogP contribution in [0.2, 0.25) is 0 Å².